The van der Waals surface area contributed by atoms with E-state index in [0.717, 1.165) is 19.3 Å². The first-order chi connectivity index (χ1) is 15.3. The fraction of sp³-hybridized carbons (Fsp3) is 0.565. The summed E-state index contributed by atoms with van der Waals surface area (Å²) in [6.07, 6.45) is 12.1. The van der Waals surface area contributed by atoms with Crippen molar-refractivity contribution in [2.75, 3.05) is 13.2 Å². The first-order valence-corrected chi connectivity index (χ1v) is 11.7. The van der Waals surface area contributed by atoms with Crippen LogP contribution < -0.4 is 68.9 Å². The van der Waals surface area contributed by atoms with Gasteiger partial charge in [0.15, 0.2) is 6.10 Å². The van der Waals surface area contributed by atoms with Crippen LogP contribution in [0.2, 0.25) is 0 Å². The molecule has 34 heavy (non-hydrogen) atoms. The number of phosphoric ester groups is 1. The number of unbranched alkanes of at least 4 members (excludes halogenated alkanes) is 7. The molecule has 0 spiro atoms. The standard InChI is InChI=1S/C23H29O8P.2Na/c1-3-5-7-9-11-12-14-16-18-23(25)31-21(20-30-32(26,27)28)19-29-22(24)17-15-13-10-8-6-4-2;;/h2,21H,3,5,7,9,11-12,14,16,18-20H2,1H3,(H2,26,27,28);;/q;2*+1/p-2/t21-;;/m1../s1. The number of terminal acetylenes is 1. The number of hydrogen-bond donors (Lipinski definition) is 0. The SMILES string of the molecule is C#CC#CC#CC#CC(=O)OC[C@H](COP(=O)([O-])[O-])OC(=O)CCCCCCCCCC.[Na+].[Na+]. The Bertz CT molecular complexity index is 859. The quantitative estimate of drug-likeness (QED) is 0.0541. The van der Waals surface area contributed by atoms with E-state index in [1.165, 1.54) is 25.7 Å². The van der Waals surface area contributed by atoms with Crippen LogP contribution in [0.5, 0.6) is 0 Å². The number of esters is 2. The summed E-state index contributed by atoms with van der Waals surface area (Å²) in [5.74, 6) is 13.7. The Labute approximate surface area is 246 Å². The third-order valence-corrected chi connectivity index (χ3v) is 4.30. The maximum absolute atomic E-state index is 12.0. The van der Waals surface area contributed by atoms with Crippen LogP contribution in [0.3, 0.4) is 0 Å². The van der Waals surface area contributed by atoms with Gasteiger partial charge in [-0.15, -0.1) is 6.42 Å². The maximum Gasteiger partial charge on any atom is 1.00 e. The van der Waals surface area contributed by atoms with Gasteiger partial charge < -0.3 is 28.3 Å². The molecule has 0 N–H and O–H groups in total. The van der Waals surface area contributed by atoms with Crippen molar-refractivity contribution in [1.29, 1.82) is 0 Å². The van der Waals surface area contributed by atoms with Gasteiger partial charge in [-0.3, -0.25) is 4.79 Å². The number of hydrogen-bond acceptors (Lipinski definition) is 8. The van der Waals surface area contributed by atoms with Crippen LogP contribution in [0.1, 0.15) is 64.7 Å². The van der Waals surface area contributed by atoms with E-state index in [4.69, 9.17) is 15.9 Å². The Hall–Kier alpha value is -0.710. The van der Waals surface area contributed by atoms with Crippen molar-refractivity contribution in [2.45, 2.75) is 70.8 Å². The maximum atomic E-state index is 12.0. The summed E-state index contributed by atoms with van der Waals surface area (Å²) < 4.78 is 24.7. The van der Waals surface area contributed by atoms with E-state index in [9.17, 15) is 23.9 Å². The summed E-state index contributed by atoms with van der Waals surface area (Å²) in [5, 5.41) is 0. The van der Waals surface area contributed by atoms with Gasteiger partial charge in [0.25, 0.3) is 0 Å². The zero-order valence-corrected chi connectivity index (χ0v) is 25.0. The van der Waals surface area contributed by atoms with Crippen molar-refractivity contribution >= 4 is 19.8 Å². The third-order valence-electron chi connectivity index (χ3n) is 3.84. The van der Waals surface area contributed by atoms with E-state index in [-0.39, 0.29) is 65.5 Å². The van der Waals surface area contributed by atoms with Crippen LogP contribution in [-0.4, -0.2) is 31.3 Å². The molecular weight excluding hydrogens is 481 g/mol. The smallest absolute Gasteiger partial charge is 0.790 e. The predicted molar refractivity (Wildman–Crippen MR) is 114 cm³/mol. The van der Waals surface area contributed by atoms with E-state index in [2.05, 4.69) is 41.0 Å². The minimum Gasteiger partial charge on any atom is -0.790 e. The Kier molecular flexibility index (Phi) is 28.2. The van der Waals surface area contributed by atoms with Crippen molar-refractivity contribution in [3.63, 3.8) is 0 Å². The van der Waals surface area contributed by atoms with Gasteiger partial charge in [0, 0.05) is 12.3 Å². The number of rotatable bonds is 15. The molecule has 0 aliphatic rings. The van der Waals surface area contributed by atoms with Gasteiger partial charge in [-0.25, -0.2) is 4.79 Å². The Morgan fingerprint density at radius 2 is 1.44 bits per heavy atom. The molecule has 11 heteroatoms. The molecule has 0 aliphatic heterocycles. The molecule has 174 valence electrons. The first-order valence-electron chi connectivity index (χ1n) is 10.3. The van der Waals surface area contributed by atoms with Crippen LogP contribution >= 0.6 is 7.82 Å². The van der Waals surface area contributed by atoms with Crippen LogP contribution in [0, 0.1) is 47.9 Å². The minimum atomic E-state index is -5.29. The minimum absolute atomic E-state index is 0. The van der Waals surface area contributed by atoms with E-state index >= 15 is 0 Å². The molecule has 0 saturated heterocycles. The van der Waals surface area contributed by atoms with Crippen molar-refractivity contribution in [3.05, 3.63) is 0 Å². The van der Waals surface area contributed by atoms with Crippen LogP contribution in [0.15, 0.2) is 0 Å². The van der Waals surface area contributed by atoms with E-state index < -0.39 is 39.1 Å². The number of phosphoric acid groups is 1. The molecule has 0 saturated carbocycles. The van der Waals surface area contributed by atoms with Crippen LogP contribution in [0.25, 0.3) is 0 Å². The summed E-state index contributed by atoms with van der Waals surface area (Å²) in [6, 6.07) is 0. The molecule has 0 amide bonds. The van der Waals surface area contributed by atoms with Crippen LogP contribution in [0.4, 0.5) is 0 Å². The molecule has 1 atom stereocenters. The van der Waals surface area contributed by atoms with Crippen molar-refractivity contribution in [1.82, 2.24) is 0 Å². The van der Waals surface area contributed by atoms with Gasteiger partial charge in [-0.1, -0.05) is 51.9 Å². The number of ether oxygens (including phenoxy) is 2. The normalized spacial score (nSPS) is 10.1. The molecule has 8 nitrogen and oxygen atoms in total. The van der Waals surface area contributed by atoms with Crippen molar-refractivity contribution in [2.24, 2.45) is 0 Å². The van der Waals surface area contributed by atoms with E-state index in [1.807, 2.05) is 11.8 Å². The topological polar surface area (TPSA) is 125 Å². The Morgan fingerprint density at radius 3 is 2.03 bits per heavy atom. The zero-order chi connectivity index (χ0) is 24.1. The molecule has 0 aromatic carbocycles. The summed E-state index contributed by atoms with van der Waals surface area (Å²) >= 11 is 0. The molecule has 0 unspecified atom stereocenters. The average Bonchev–Trinajstić information content (AvgIpc) is 2.73. The molecular formula is C23H27Na2O8P. The van der Waals surface area contributed by atoms with Crippen molar-refractivity contribution < 1.29 is 97.1 Å². The monoisotopic (exact) mass is 508 g/mol. The molecule has 0 fully saturated rings. The van der Waals surface area contributed by atoms with Crippen LogP contribution in [-0.2, 0) is 28.2 Å². The second-order valence-corrected chi connectivity index (χ2v) is 7.73. The second kappa shape index (κ2) is 25.4. The largest absolute Gasteiger partial charge is 1.00 e. The first kappa shape index (κ1) is 37.8. The molecule has 0 bridgehead atoms. The average molecular weight is 508 g/mol. The van der Waals surface area contributed by atoms with E-state index in [1.54, 1.807) is 0 Å². The second-order valence-electron chi connectivity index (χ2n) is 6.57. The molecule has 0 aliphatic carbocycles. The Morgan fingerprint density at radius 1 is 0.882 bits per heavy atom. The van der Waals surface area contributed by atoms with Gasteiger partial charge in [0.1, 0.15) is 6.61 Å². The summed E-state index contributed by atoms with van der Waals surface area (Å²) in [7, 11) is -5.29. The summed E-state index contributed by atoms with van der Waals surface area (Å²) in [4.78, 5) is 44.9. The van der Waals surface area contributed by atoms with Gasteiger partial charge in [0.05, 0.1) is 14.4 Å². The third kappa shape index (κ3) is 27.5. The van der Waals surface area contributed by atoms with Gasteiger partial charge in [0.2, 0.25) is 0 Å². The summed E-state index contributed by atoms with van der Waals surface area (Å²) in [6.45, 7) is 0.844. The predicted octanol–water partition coefficient (Wildman–Crippen LogP) is -4.53. The fourth-order valence-corrected chi connectivity index (χ4v) is 2.70. The molecule has 0 heterocycles. The molecule has 0 rings (SSSR count). The van der Waals surface area contributed by atoms with Crippen molar-refractivity contribution in [3.8, 4) is 47.9 Å². The van der Waals surface area contributed by atoms with Gasteiger partial charge in [-0.2, -0.15) is 0 Å². The fourth-order valence-electron chi connectivity index (χ4n) is 2.36. The van der Waals surface area contributed by atoms with Gasteiger partial charge >= 0.3 is 71.1 Å². The zero-order valence-electron chi connectivity index (χ0n) is 20.1. The Balaban J connectivity index is -0.00000480. The number of carbonyl (C=O) groups excluding carboxylic acids is 2. The molecule has 0 aromatic heterocycles. The van der Waals surface area contributed by atoms with E-state index in [0.29, 0.717) is 6.42 Å². The summed E-state index contributed by atoms with van der Waals surface area (Å²) in [5.41, 5.74) is 0. The van der Waals surface area contributed by atoms with Gasteiger partial charge in [-0.05, 0) is 41.9 Å². The molecule has 0 aromatic rings. The molecule has 0 radical (unpaired) electrons. The number of carbonyl (C=O) groups is 2.